The summed E-state index contributed by atoms with van der Waals surface area (Å²) in [7, 11) is 1.37. The third-order valence-corrected chi connectivity index (χ3v) is 3.96. The number of carboxylic acid groups (broad SMARTS) is 1. The zero-order chi connectivity index (χ0) is 20.8. The van der Waals surface area contributed by atoms with E-state index in [2.05, 4.69) is 0 Å². The molecule has 0 amide bonds. The Kier molecular flexibility index (Phi) is 6.09. The summed E-state index contributed by atoms with van der Waals surface area (Å²) in [5.74, 6) is -0.977. The van der Waals surface area contributed by atoms with Crippen LogP contribution in [0.15, 0.2) is 65.1 Å². The van der Waals surface area contributed by atoms with Crippen LogP contribution in [0.1, 0.15) is 16.1 Å². The van der Waals surface area contributed by atoms with Gasteiger partial charge in [0.15, 0.2) is 17.3 Å². The first-order chi connectivity index (χ1) is 14.0. The Bertz CT molecular complexity index is 1070. The zero-order valence-electron chi connectivity index (χ0n) is 15.4. The average molecular weight is 395 g/mol. The molecule has 0 radical (unpaired) electrons. The minimum atomic E-state index is -1.37. The quantitative estimate of drug-likeness (QED) is 0.430. The number of ketones is 1. The van der Waals surface area contributed by atoms with Crippen LogP contribution in [0, 0.1) is 5.82 Å². The van der Waals surface area contributed by atoms with Crippen molar-refractivity contribution in [1.82, 2.24) is 0 Å². The number of rotatable bonds is 8. The van der Waals surface area contributed by atoms with E-state index in [1.54, 1.807) is 30.3 Å². The smallest absolute Gasteiger partial charge is 0.186 e. The minimum absolute atomic E-state index is 0.179. The second kappa shape index (κ2) is 8.88. The van der Waals surface area contributed by atoms with Crippen molar-refractivity contribution in [2.45, 2.75) is 0 Å². The van der Waals surface area contributed by atoms with Gasteiger partial charge in [0, 0.05) is 5.56 Å². The Morgan fingerprint density at radius 2 is 1.90 bits per heavy atom. The minimum Gasteiger partial charge on any atom is -0.546 e. The van der Waals surface area contributed by atoms with Crippen molar-refractivity contribution in [2.24, 2.45) is 0 Å². The zero-order valence-corrected chi connectivity index (χ0v) is 15.4. The fourth-order valence-electron chi connectivity index (χ4n) is 2.58. The van der Waals surface area contributed by atoms with Crippen LogP contribution >= 0.6 is 0 Å². The van der Waals surface area contributed by atoms with Gasteiger partial charge in [-0.2, -0.15) is 0 Å². The van der Waals surface area contributed by atoms with Gasteiger partial charge in [-0.15, -0.1) is 0 Å². The molecule has 0 unspecified atom stereocenters. The molecule has 0 atom stereocenters. The molecule has 0 aliphatic heterocycles. The number of furan rings is 1. The maximum Gasteiger partial charge on any atom is 0.186 e. The normalized spacial score (nSPS) is 10.8. The summed E-state index contributed by atoms with van der Waals surface area (Å²) in [6.07, 6.45) is 2.78. The van der Waals surface area contributed by atoms with E-state index in [9.17, 15) is 19.1 Å². The van der Waals surface area contributed by atoms with Gasteiger partial charge in [0.1, 0.15) is 23.9 Å². The van der Waals surface area contributed by atoms with Crippen molar-refractivity contribution in [1.29, 1.82) is 0 Å². The molecule has 0 aliphatic carbocycles. The number of allylic oxidation sites excluding steroid dienone is 1. The van der Waals surface area contributed by atoms with E-state index in [1.165, 1.54) is 43.5 Å². The number of hydrogen-bond donors (Lipinski definition) is 0. The Morgan fingerprint density at radius 1 is 1.10 bits per heavy atom. The first-order valence-corrected chi connectivity index (χ1v) is 8.56. The molecule has 148 valence electrons. The highest BCUT2D eigenvalue weighted by Gasteiger charge is 2.11. The Balaban J connectivity index is 1.74. The largest absolute Gasteiger partial charge is 0.546 e. The summed E-state index contributed by atoms with van der Waals surface area (Å²) in [4.78, 5) is 22.9. The molecule has 0 fully saturated rings. The fourth-order valence-corrected chi connectivity index (χ4v) is 2.58. The highest BCUT2D eigenvalue weighted by molar-refractivity contribution is 6.07. The van der Waals surface area contributed by atoms with Crippen LogP contribution in [0.5, 0.6) is 11.5 Å². The molecule has 6 nitrogen and oxygen atoms in total. The van der Waals surface area contributed by atoms with Crippen LogP contribution in [0.3, 0.4) is 0 Å². The molecular weight excluding hydrogens is 379 g/mol. The molecule has 0 N–H and O–H groups in total. The number of carbonyl (C=O) groups excluding carboxylic acids is 2. The van der Waals surface area contributed by atoms with Crippen LogP contribution in [0.25, 0.3) is 17.4 Å². The highest BCUT2D eigenvalue weighted by Crippen LogP contribution is 2.29. The first-order valence-electron chi connectivity index (χ1n) is 8.56. The van der Waals surface area contributed by atoms with E-state index in [0.29, 0.717) is 22.6 Å². The number of hydrogen-bond acceptors (Lipinski definition) is 6. The molecule has 29 heavy (non-hydrogen) atoms. The summed E-state index contributed by atoms with van der Waals surface area (Å²) in [5.41, 5.74) is 0.634. The SMILES string of the molecule is COc1cc(C(=O)/C=C/c2ccc(-c3ccccc3F)o2)ccc1OCC(=O)[O-]. The molecule has 1 heterocycles. The number of benzene rings is 2. The van der Waals surface area contributed by atoms with Crippen LogP contribution < -0.4 is 14.6 Å². The number of carboxylic acids is 1. The number of aliphatic carboxylic acids is 1. The van der Waals surface area contributed by atoms with Gasteiger partial charge in [-0.3, -0.25) is 4.79 Å². The molecule has 1 aromatic heterocycles. The van der Waals surface area contributed by atoms with Gasteiger partial charge in [0.25, 0.3) is 0 Å². The van der Waals surface area contributed by atoms with Crippen molar-refractivity contribution in [3.63, 3.8) is 0 Å². The van der Waals surface area contributed by atoms with Gasteiger partial charge >= 0.3 is 0 Å². The van der Waals surface area contributed by atoms with E-state index in [1.807, 2.05) is 0 Å². The van der Waals surface area contributed by atoms with Crippen LogP contribution in [-0.2, 0) is 4.79 Å². The van der Waals surface area contributed by atoms with Crippen LogP contribution in [0.2, 0.25) is 0 Å². The van der Waals surface area contributed by atoms with E-state index in [0.717, 1.165) is 0 Å². The second-order valence-electron chi connectivity index (χ2n) is 5.91. The molecule has 0 saturated carbocycles. The molecule has 0 saturated heterocycles. The summed E-state index contributed by atoms with van der Waals surface area (Å²) >= 11 is 0. The molecule has 0 spiro atoms. The van der Waals surface area contributed by atoms with E-state index >= 15 is 0 Å². The Morgan fingerprint density at radius 3 is 2.62 bits per heavy atom. The lowest BCUT2D eigenvalue weighted by atomic mass is 10.1. The first kappa shape index (κ1) is 19.9. The predicted molar refractivity (Wildman–Crippen MR) is 101 cm³/mol. The molecule has 3 rings (SSSR count). The van der Waals surface area contributed by atoms with Gasteiger partial charge in [0.2, 0.25) is 0 Å². The van der Waals surface area contributed by atoms with Gasteiger partial charge in [0.05, 0.1) is 18.6 Å². The third kappa shape index (κ3) is 4.90. The Labute approximate surface area is 165 Å². The lowest BCUT2D eigenvalue weighted by Gasteiger charge is -2.11. The second-order valence-corrected chi connectivity index (χ2v) is 5.91. The molecule has 3 aromatic rings. The standard InChI is InChI=1S/C22H17FO6/c1-27-21-12-14(6-10-20(21)28-13-22(25)26)18(24)9-7-15-8-11-19(29-15)16-4-2-3-5-17(16)23/h2-12H,13H2,1H3,(H,25,26)/p-1/b9-7+. The summed E-state index contributed by atoms with van der Waals surface area (Å²) in [6, 6.07) is 13.8. The van der Waals surface area contributed by atoms with Gasteiger partial charge in [-0.1, -0.05) is 12.1 Å². The van der Waals surface area contributed by atoms with E-state index < -0.39 is 18.4 Å². The molecule has 7 heteroatoms. The molecule has 0 bridgehead atoms. The average Bonchev–Trinajstić information content (AvgIpc) is 3.19. The number of ether oxygens (including phenoxy) is 2. The number of methoxy groups -OCH3 is 1. The van der Waals surface area contributed by atoms with E-state index in [-0.39, 0.29) is 17.3 Å². The third-order valence-electron chi connectivity index (χ3n) is 3.96. The number of halogens is 1. The lowest BCUT2D eigenvalue weighted by molar-refractivity contribution is -0.307. The summed E-state index contributed by atoms with van der Waals surface area (Å²) in [6.45, 7) is -0.633. The van der Waals surface area contributed by atoms with Gasteiger partial charge < -0.3 is 23.8 Å². The topological polar surface area (TPSA) is 88.8 Å². The Hall–Kier alpha value is -3.87. The van der Waals surface area contributed by atoms with E-state index in [4.69, 9.17) is 13.9 Å². The molecule has 2 aromatic carbocycles. The summed E-state index contributed by atoms with van der Waals surface area (Å²) < 4.78 is 29.6. The number of carbonyl (C=O) groups is 2. The maximum atomic E-state index is 13.8. The fraction of sp³-hybridized carbons (Fsp3) is 0.0909. The van der Waals surface area contributed by atoms with Crippen molar-refractivity contribution in [2.75, 3.05) is 13.7 Å². The lowest BCUT2D eigenvalue weighted by Crippen LogP contribution is -2.29. The van der Waals surface area contributed by atoms with Crippen LogP contribution in [-0.4, -0.2) is 25.5 Å². The summed E-state index contributed by atoms with van der Waals surface area (Å²) in [5, 5.41) is 10.5. The maximum absolute atomic E-state index is 13.8. The van der Waals surface area contributed by atoms with Gasteiger partial charge in [-0.05, 0) is 54.6 Å². The highest BCUT2D eigenvalue weighted by atomic mass is 19.1. The molecule has 0 aliphatic rings. The van der Waals surface area contributed by atoms with Crippen molar-refractivity contribution < 1.29 is 33.0 Å². The van der Waals surface area contributed by atoms with Crippen LogP contribution in [0.4, 0.5) is 4.39 Å². The predicted octanol–water partition coefficient (Wildman–Crippen LogP) is 3.12. The van der Waals surface area contributed by atoms with Gasteiger partial charge in [-0.25, -0.2) is 4.39 Å². The van der Waals surface area contributed by atoms with Crippen molar-refractivity contribution in [3.05, 3.63) is 77.8 Å². The monoisotopic (exact) mass is 395 g/mol. The van der Waals surface area contributed by atoms with Crippen molar-refractivity contribution in [3.8, 4) is 22.8 Å². The molecular formula is C22H16FO6-. The van der Waals surface area contributed by atoms with Crippen molar-refractivity contribution >= 4 is 17.8 Å².